The van der Waals surface area contributed by atoms with Gasteiger partial charge in [0.25, 0.3) is 0 Å². The summed E-state index contributed by atoms with van der Waals surface area (Å²) < 4.78 is 24.5. The lowest BCUT2D eigenvalue weighted by Gasteiger charge is -2.11. The van der Waals surface area contributed by atoms with E-state index in [0.29, 0.717) is 22.3 Å². The van der Waals surface area contributed by atoms with Crippen molar-refractivity contribution in [3.05, 3.63) is 48.4 Å². The Morgan fingerprint density at radius 2 is 1.87 bits per heavy atom. The van der Waals surface area contributed by atoms with Crippen LogP contribution >= 0.6 is 17.0 Å². The Hall–Kier alpha value is -2.54. The first-order valence-corrected chi connectivity index (χ1v) is 6.47. The lowest BCUT2D eigenvalue weighted by molar-refractivity contribution is 0.374. The number of nitrogens with two attached hydrogens (primary N) is 1. The largest absolute Gasteiger partial charge is 0.504 e. The van der Waals surface area contributed by atoms with Crippen LogP contribution in [0, 0.1) is 5.82 Å². The van der Waals surface area contributed by atoms with Gasteiger partial charge in [-0.05, 0) is 24.3 Å². The van der Waals surface area contributed by atoms with E-state index in [1.807, 2.05) is 0 Å². The van der Waals surface area contributed by atoms with E-state index >= 15 is 0 Å². The second kappa shape index (κ2) is 6.70. The van der Waals surface area contributed by atoms with Crippen LogP contribution in [0.15, 0.2) is 42.6 Å². The van der Waals surface area contributed by atoms with Gasteiger partial charge in [0.1, 0.15) is 5.75 Å². The second-order valence-electron chi connectivity index (χ2n) is 4.64. The Labute approximate surface area is 142 Å². The topological polar surface area (TPSA) is 77.6 Å². The molecule has 120 valence electrons. The number of ether oxygens (including phenoxy) is 2. The predicted octanol–water partition coefficient (Wildman–Crippen LogP) is 4.04. The van der Waals surface area contributed by atoms with Crippen LogP contribution in [-0.4, -0.2) is 17.2 Å². The Bertz CT molecular complexity index is 858. The summed E-state index contributed by atoms with van der Waals surface area (Å²) in [6.07, 6.45) is 1.51. The van der Waals surface area contributed by atoms with Crippen LogP contribution < -0.4 is 15.2 Å². The summed E-state index contributed by atoms with van der Waals surface area (Å²) in [7, 11) is 1.44. The Balaban J connectivity index is 0.00000192. The van der Waals surface area contributed by atoms with Gasteiger partial charge in [0, 0.05) is 29.4 Å². The molecule has 7 heteroatoms. The number of phenolic OH excluding ortho intramolecular Hbond substituents is 1. The number of fused-ring (bicyclic) bond motifs is 1. The SMILES string of the molecule is Br.COc1cc2c(Oc3ccc(N)cc3F)ccnc2cc1O. The van der Waals surface area contributed by atoms with Crippen LogP contribution in [0.5, 0.6) is 23.0 Å². The van der Waals surface area contributed by atoms with Crippen LogP contribution in [0.1, 0.15) is 0 Å². The molecule has 0 saturated carbocycles. The summed E-state index contributed by atoms with van der Waals surface area (Å²) in [5, 5.41) is 10.4. The van der Waals surface area contributed by atoms with E-state index in [-0.39, 0.29) is 34.2 Å². The van der Waals surface area contributed by atoms with Crippen molar-refractivity contribution in [3.8, 4) is 23.0 Å². The molecule has 0 amide bonds. The predicted molar refractivity (Wildman–Crippen MR) is 91.2 cm³/mol. The summed E-state index contributed by atoms with van der Waals surface area (Å²) in [5.74, 6) is 0.137. The summed E-state index contributed by atoms with van der Waals surface area (Å²) in [5.41, 5.74) is 6.34. The van der Waals surface area contributed by atoms with Gasteiger partial charge in [-0.3, -0.25) is 4.98 Å². The monoisotopic (exact) mass is 380 g/mol. The molecular formula is C16H14BrFN2O3. The van der Waals surface area contributed by atoms with E-state index in [4.69, 9.17) is 15.2 Å². The number of aromatic hydroxyl groups is 1. The molecule has 0 unspecified atom stereocenters. The third kappa shape index (κ3) is 3.29. The number of rotatable bonds is 3. The van der Waals surface area contributed by atoms with Gasteiger partial charge in [0.15, 0.2) is 23.1 Å². The van der Waals surface area contributed by atoms with Crippen molar-refractivity contribution in [1.82, 2.24) is 4.98 Å². The fraction of sp³-hybridized carbons (Fsp3) is 0.0625. The van der Waals surface area contributed by atoms with Crippen molar-refractivity contribution in [2.45, 2.75) is 0 Å². The average molecular weight is 381 g/mol. The second-order valence-corrected chi connectivity index (χ2v) is 4.64. The van der Waals surface area contributed by atoms with Gasteiger partial charge in [-0.25, -0.2) is 4.39 Å². The molecule has 0 aliphatic heterocycles. The molecule has 1 heterocycles. The summed E-state index contributed by atoms with van der Waals surface area (Å²) in [6, 6.07) is 8.84. The molecule has 23 heavy (non-hydrogen) atoms. The van der Waals surface area contributed by atoms with E-state index in [9.17, 15) is 9.50 Å². The van der Waals surface area contributed by atoms with E-state index in [2.05, 4.69) is 4.98 Å². The summed E-state index contributed by atoms with van der Waals surface area (Å²) in [6.45, 7) is 0. The molecule has 0 spiro atoms. The number of nitrogen functional groups attached to an aromatic ring is 1. The highest BCUT2D eigenvalue weighted by atomic mass is 79.9. The van der Waals surface area contributed by atoms with Crippen molar-refractivity contribution in [3.63, 3.8) is 0 Å². The highest BCUT2D eigenvalue weighted by Gasteiger charge is 2.12. The van der Waals surface area contributed by atoms with Gasteiger partial charge in [-0.1, -0.05) is 0 Å². The van der Waals surface area contributed by atoms with E-state index in [1.165, 1.54) is 31.5 Å². The number of anilines is 1. The first-order chi connectivity index (χ1) is 10.6. The lowest BCUT2D eigenvalue weighted by atomic mass is 10.2. The number of hydrogen-bond acceptors (Lipinski definition) is 5. The summed E-state index contributed by atoms with van der Waals surface area (Å²) >= 11 is 0. The fourth-order valence-electron chi connectivity index (χ4n) is 2.11. The summed E-state index contributed by atoms with van der Waals surface area (Å²) in [4.78, 5) is 4.15. The lowest BCUT2D eigenvalue weighted by Crippen LogP contribution is -1.93. The van der Waals surface area contributed by atoms with Crippen LogP contribution in [0.4, 0.5) is 10.1 Å². The molecule has 3 N–H and O–H groups in total. The molecule has 0 fully saturated rings. The molecule has 3 rings (SSSR count). The minimum absolute atomic E-state index is 0. The van der Waals surface area contributed by atoms with Gasteiger partial charge < -0.3 is 20.3 Å². The van der Waals surface area contributed by atoms with Gasteiger partial charge in [0.2, 0.25) is 0 Å². The number of methoxy groups -OCH3 is 1. The normalized spacial score (nSPS) is 10.2. The standard InChI is InChI=1S/C16H13FN2O3.BrH/c1-21-16-7-10-12(8-13(16)20)19-5-4-14(10)22-15-3-2-9(18)6-11(15)17;/h2-8,20H,18H2,1H3;1H. The molecular weight excluding hydrogens is 367 g/mol. The van der Waals surface area contributed by atoms with Crippen molar-refractivity contribution >= 4 is 33.6 Å². The van der Waals surface area contributed by atoms with Gasteiger partial charge in [-0.2, -0.15) is 0 Å². The number of aromatic nitrogens is 1. The average Bonchev–Trinajstić information content (AvgIpc) is 2.49. The van der Waals surface area contributed by atoms with E-state index in [1.54, 1.807) is 18.2 Å². The Morgan fingerprint density at radius 1 is 1.09 bits per heavy atom. The molecule has 2 aromatic carbocycles. The van der Waals surface area contributed by atoms with E-state index < -0.39 is 5.82 Å². The van der Waals surface area contributed by atoms with Crippen LogP contribution in [-0.2, 0) is 0 Å². The third-order valence-electron chi connectivity index (χ3n) is 3.18. The number of pyridine rings is 1. The fourth-order valence-corrected chi connectivity index (χ4v) is 2.11. The maximum atomic E-state index is 13.9. The molecule has 0 bridgehead atoms. The highest BCUT2D eigenvalue weighted by Crippen LogP contribution is 2.36. The highest BCUT2D eigenvalue weighted by molar-refractivity contribution is 8.93. The third-order valence-corrected chi connectivity index (χ3v) is 3.18. The maximum absolute atomic E-state index is 13.9. The smallest absolute Gasteiger partial charge is 0.167 e. The minimum Gasteiger partial charge on any atom is -0.504 e. The molecule has 0 saturated heterocycles. The van der Waals surface area contributed by atoms with Crippen molar-refractivity contribution in [2.75, 3.05) is 12.8 Å². The number of halogens is 2. The molecule has 1 aromatic heterocycles. The van der Waals surface area contributed by atoms with Crippen molar-refractivity contribution in [2.24, 2.45) is 0 Å². The molecule has 3 aromatic rings. The quantitative estimate of drug-likeness (QED) is 0.670. The number of benzene rings is 2. The van der Waals surface area contributed by atoms with Crippen LogP contribution in [0.3, 0.4) is 0 Å². The van der Waals surface area contributed by atoms with Gasteiger partial charge in [0.05, 0.1) is 12.6 Å². The maximum Gasteiger partial charge on any atom is 0.167 e. The van der Waals surface area contributed by atoms with Crippen molar-refractivity contribution in [1.29, 1.82) is 0 Å². The zero-order chi connectivity index (χ0) is 15.7. The Kier molecular flexibility index (Phi) is 4.90. The zero-order valence-electron chi connectivity index (χ0n) is 12.1. The van der Waals surface area contributed by atoms with E-state index in [0.717, 1.165) is 0 Å². The van der Waals surface area contributed by atoms with Crippen LogP contribution in [0.25, 0.3) is 10.9 Å². The van der Waals surface area contributed by atoms with Gasteiger partial charge >= 0.3 is 0 Å². The molecule has 0 aliphatic carbocycles. The first-order valence-electron chi connectivity index (χ1n) is 6.47. The first kappa shape index (κ1) is 16.8. The van der Waals surface area contributed by atoms with Crippen molar-refractivity contribution < 1.29 is 19.0 Å². The number of hydrogen-bond donors (Lipinski definition) is 2. The molecule has 5 nitrogen and oxygen atoms in total. The number of phenols is 1. The minimum atomic E-state index is -0.560. The van der Waals surface area contributed by atoms with Gasteiger partial charge in [-0.15, -0.1) is 17.0 Å². The molecule has 0 radical (unpaired) electrons. The molecule has 0 atom stereocenters. The zero-order valence-corrected chi connectivity index (χ0v) is 13.8. The number of nitrogens with zero attached hydrogens (tertiary/aromatic N) is 1. The van der Waals surface area contributed by atoms with Crippen LogP contribution in [0.2, 0.25) is 0 Å². The Morgan fingerprint density at radius 3 is 2.57 bits per heavy atom. The molecule has 0 aliphatic rings.